The molecule has 4 aromatic rings. The molecule has 3 heterocycles. The molecule has 2 fully saturated rings. The Kier molecular flexibility index (Phi) is 6.61. The van der Waals surface area contributed by atoms with Crippen molar-refractivity contribution >= 4 is 34.6 Å². The molecule has 0 bridgehead atoms. The molecule has 2 aromatic heterocycles. The van der Waals surface area contributed by atoms with Crippen molar-refractivity contribution in [1.29, 1.82) is 0 Å². The first-order valence-electron chi connectivity index (χ1n) is 12.7. The van der Waals surface area contributed by atoms with Gasteiger partial charge in [-0.1, -0.05) is 23.7 Å². The lowest BCUT2D eigenvalue weighted by molar-refractivity contribution is 0.210. The SMILES string of the molecule is Cc1ccc(Cl)cc1-c1ccc([C@H]2[C@@H](c3ccccn3)NC(=S)N2c2ccc(OC3CCCC3)cc2)o1. The number of hydrogen-bond acceptors (Lipinski definition) is 4. The maximum atomic E-state index is 6.50. The second kappa shape index (κ2) is 10.2. The van der Waals surface area contributed by atoms with Crippen molar-refractivity contribution in [3.63, 3.8) is 0 Å². The molecule has 188 valence electrons. The molecule has 0 radical (unpaired) electrons. The molecule has 1 aliphatic heterocycles. The summed E-state index contributed by atoms with van der Waals surface area (Å²) in [5.74, 6) is 2.46. The van der Waals surface area contributed by atoms with E-state index in [2.05, 4.69) is 34.3 Å². The van der Waals surface area contributed by atoms with Crippen LogP contribution in [0.5, 0.6) is 5.75 Å². The summed E-state index contributed by atoms with van der Waals surface area (Å²) in [6, 6.07) is 23.6. The van der Waals surface area contributed by atoms with Crippen LogP contribution in [-0.4, -0.2) is 16.2 Å². The third kappa shape index (κ3) is 4.83. The number of nitrogens with zero attached hydrogens (tertiary/aromatic N) is 2. The standard InChI is InChI=1S/C30H28ClN3O2S/c1-19-9-10-20(31)18-24(19)26-15-16-27(36-26)29-28(25-8-4-5-17-32-25)33-30(37)34(29)21-11-13-23(14-12-21)35-22-6-2-3-7-22/h4-5,8-18,22,28-29H,2-3,6-7H2,1H3,(H,33,37)/t28-,29+/m1/s1. The number of halogens is 1. The molecule has 2 aliphatic rings. The number of thiocarbonyl (C=S) groups is 1. The highest BCUT2D eigenvalue weighted by molar-refractivity contribution is 7.80. The molecule has 0 unspecified atom stereocenters. The second-order valence-corrected chi connectivity index (χ2v) is 10.5. The Morgan fingerprint density at radius 2 is 1.84 bits per heavy atom. The zero-order valence-corrected chi connectivity index (χ0v) is 22.1. The summed E-state index contributed by atoms with van der Waals surface area (Å²) in [5, 5.41) is 4.80. The number of ether oxygens (including phenoxy) is 1. The molecule has 5 nitrogen and oxygen atoms in total. The van der Waals surface area contributed by atoms with Crippen molar-refractivity contribution in [2.45, 2.75) is 50.8 Å². The summed E-state index contributed by atoms with van der Waals surface area (Å²) in [6.07, 6.45) is 6.86. The van der Waals surface area contributed by atoms with E-state index < -0.39 is 0 Å². The normalized spacial score (nSPS) is 19.8. The van der Waals surface area contributed by atoms with E-state index in [1.807, 2.05) is 60.7 Å². The predicted octanol–water partition coefficient (Wildman–Crippen LogP) is 7.80. The number of furan rings is 1. The van der Waals surface area contributed by atoms with Crippen molar-refractivity contribution < 1.29 is 9.15 Å². The summed E-state index contributed by atoms with van der Waals surface area (Å²) in [4.78, 5) is 6.75. The average molecular weight is 530 g/mol. The maximum Gasteiger partial charge on any atom is 0.174 e. The largest absolute Gasteiger partial charge is 0.490 e. The molecule has 6 rings (SSSR count). The maximum absolute atomic E-state index is 6.50. The number of hydrogen-bond donors (Lipinski definition) is 1. The minimum Gasteiger partial charge on any atom is -0.490 e. The van der Waals surface area contributed by atoms with Gasteiger partial charge in [0.1, 0.15) is 23.3 Å². The number of nitrogens with one attached hydrogen (secondary N) is 1. The van der Waals surface area contributed by atoms with Gasteiger partial charge in [-0.15, -0.1) is 0 Å². The Labute approximate surface area is 227 Å². The average Bonchev–Trinajstić information content (AvgIpc) is 3.67. The number of anilines is 1. The lowest BCUT2D eigenvalue weighted by Gasteiger charge is -2.26. The predicted molar refractivity (Wildman–Crippen MR) is 151 cm³/mol. The van der Waals surface area contributed by atoms with Gasteiger partial charge >= 0.3 is 0 Å². The van der Waals surface area contributed by atoms with Crippen LogP contribution in [0.3, 0.4) is 0 Å². The molecule has 2 atom stereocenters. The topological polar surface area (TPSA) is 50.5 Å². The first-order chi connectivity index (χ1) is 18.1. The molecule has 0 amide bonds. The van der Waals surface area contributed by atoms with Gasteiger partial charge in [-0.2, -0.15) is 0 Å². The Hall–Kier alpha value is -3.35. The summed E-state index contributed by atoms with van der Waals surface area (Å²) < 4.78 is 12.7. The highest BCUT2D eigenvalue weighted by Crippen LogP contribution is 2.43. The number of rotatable bonds is 6. The first kappa shape index (κ1) is 24.0. The van der Waals surface area contributed by atoms with Crippen LogP contribution in [-0.2, 0) is 0 Å². The van der Waals surface area contributed by atoms with E-state index in [9.17, 15) is 0 Å². The fourth-order valence-corrected chi connectivity index (χ4v) is 5.84. The number of benzene rings is 2. The van der Waals surface area contributed by atoms with Crippen LogP contribution in [0.15, 0.2) is 83.4 Å². The Bertz CT molecular complexity index is 1400. The van der Waals surface area contributed by atoms with Crippen molar-refractivity contribution in [3.05, 3.63) is 101 Å². The van der Waals surface area contributed by atoms with E-state index >= 15 is 0 Å². The van der Waals surface area contributed by atoms with Crippen LogP contribution in [0.1, 0.15) is 54.8 Å². The van der Waals surface area contributed by atoms with Gasteiger partial charge in [-0.05, 0) is 111 Å². The quantitative estimate of drug-likeness (QED) is 0.257. The zero-order chi connectivity index (χ0) is 25.4. The lowest BCUT2D eigenvalue weighted by Crippen LogP contribution is -2.29. The van der Waals surface area contributed by atoms with Crippen molar-refractivity contribution in [2.75, 3.05) is 4.90 Å². The van der Waals surface area contributed by atoms with Crippen LogP contribution in [0.4, 0.5) is 5.69 Å². The van der Waals surface area contributed by atoms with Crippen LogP contribution in [0.25, 0.3) is 11.3 Å². The van der Waals surface area contributed by atoms with E-state index in [0.29, 0.717) is 16.2 Å². The molecule has 0 spiro atoms. The third-order valence-electron chi connectivity index (χ3n) is 7.20. The molecule has 7 heteroatoms. The Morgan fingerprint density at radius 1 is 1.03 bits per heavy atom. The molecule has 2 aromatic carbocycles. The van der Waals surface area contributed by atoms with Gasteiger partial charge in [0.05, 0.1) is 17.8 Å². The van der Waals surface area contributed by atoms with E-state index in [-0.39, 0.29) is 12.1 Å². The Morgan fingerprint density at radius 3 is 2.59 bits per heavy atom. The van der Waals surface area contributed by atoms with Crippen LogP contribution >= 0.6 is 23.8 Å². The number of pyridine rings is 1. The molecule has 1 saturated heterocycles. The summed E-state index contributed by atoms with van der Waals surface area (Å²) in [7, 11) is 0. The van der Waals surface area contributed by atoms with Gasteiger partial charge in [0.2, 0.25) is 0 Å². The summed E-state index contributed by atoms with van der Waals surface area (Å²) in [5.41, 5.74) is 3.94. The van der Waals surface area contributed by atoms with Crippen molar-refractivity contribution in [2.24, 2.45) is 0 Å². The first-order valence-corrected chi connectivity index (χ1v) is 13.5. The number of aryl methyl sites for hydroxylation is 1. The Balaban J connectivity index is 1.36. The van der Waals surface area contributed by atoms with Crippen LogP contribution in [0, 0.1) is 6.92 Å². The van der Waals surface area contributed by atoms with Crippen LogP contribution < -0.4 is 15.0 Å². The van der Waals surface area contributed by atoms with Gasteiger partial charge < -0.3 is 19.4 Å². The highest BCUT2D eigenvalue weighted by atomic mass is 35.5. The van der Waals surface area contributed by atoms with Gasteiger partial charge in [-0.3, -0.25) is 4.98 Å². The van der Waals surface area contributed by atoms with Gasteiger partial charge in [0.25, 0.3) is 0 Å². The highest BCUT2D eigenvalue weighted by Gasteiger charge is 2.42. The summed E-state index contributed by atoms with van der Waals surface area (Å²) >= 11 is 12.2. The molecule has 1 saturated carbocycles. The fourth-order valence-electron chi connectivity index (χ4n) is 5.32. The zero-order valence-electron chi connectivity index (χ0n) is 20.6. The van der Waals surface area contributed by atoms with Crippen LogP contribution in [0.2, 0.25) is 5.02 Å². The minimum absolute atomic E-state index is 0.178. The smallest absolute Gasteiger partial charge is 0.174 e. The molecule has 1 aliphatic carbocycles. The second-order valence-electron chi connectivity index (χ2n) is 9.68. The van der Waals surface area contributed by atoms with E-state index in [0.717, 1.165) is 52.6 Å². The monoisotopic (exact) mass is 529 g/mol. The van der Waals surface area contributed by atoms with Gasteiger partial charge in [0, 0.05) is 22.5 Å². The van der Waals surface area contributed by atoms with Gasteiger partial charge in [-0.25, -0.2) is 0 Å². The van der Waals surface area contributed by atoms with Gasteiger partial charge in [0.15, 0.2) is 5.11 Å². The molecule has 1 N–H and O–H groups in total. The fraction of sp³-hybridized carbons (Fsp3) is 0.267. The molecular formula is C30H28ClN3O2S. The van der Waals surface area contributed by atoms with E-state index in [1.165, 1.54) is 12.8 Å². The van der Waals surface area contributed by atoms with E-state index in [1.54, 1.807) is 6.20 Å². The van der Waals surface area contributed by atoms with Crippen molar-refractivity contribution in [3.8, 4) is 17.1 Å². The van der Waals surface area contributed by atoms with E-state index in [4.69, 9.17) is 33.0 Å². The third-order valence-corrected chi connectivity index (χ3v) is 7.75. The molecular weight excluding hydrogens is 502 g/mol. The molecule has 37 heavy (non-hydrogen) atoms. The van der Waals surface area contributed by atoms with Crippen molar-refractivity contribution in [1.82, 2.24) is 10.3 Å². The summed E-state index contributed by atoms with van der Waals surface area (Å²) in [6.45, 7) is 2.05. The lowest BCUT2D eigenvalue weighted by atomic mass is 10.0. The minimum atomic E-state index is -0.225. The number of aromatic nitrogens is 1.